The van der Waals surface area contributed by atoms with Crippen LogP contribution >= 0.6 is 0 Å². The van der Waals surface area contributed by atoms with Gasteiger partial charge in [-0.2, -0.15) is 10.5 Å². The number of halogens is 8. The summed E-state index contributed by atoms with van der Waals surface area (Å²) in [6.45, 7) is 15.2. The van der Waals surface area contributed by atoms with Crippen molar-refractivity contribution in [2.75, 3.05) is 19.6 Å². The maximum Gasteiger partial charge on any atom is 0.187 e. The second-order valence-electron chi connectivity index (χ2n) is 34.4. The van der Waals surface area contributed by atoms with Gasteiger partial charge in [0.15, 0.2) is 11.4 Å². The van der Waals surface area contributed by atoms with E-state index in [2.05, 4.69) is 21.8 Å². The number of rotatable bonds is 16. The molecule has 0 saturated heterocycles. The van der Waals surface area contributed by atoms with Gasteiger partial charge in [0.2, 0.25) is 0 Å². The number of benzene rings is 24. The Labute approximate surface area is 797 Å². The van der Waals surface area contributed by atoms with Crippen molar-refractivity contribution >= 4 is 187 Å². The predicted molar refractivity (Wildman–Crippen MR) is 552 cm³/mol. The zero-order valence-electron chi connectivity index (χ0n) is 73.9. The Morgan fingerprint density at radius 2 is 0.450 bits per heavy atom. The van der Waals surface area contributed by atoms with E-state index in [4.69, 9.17) is 13.1 Å². The molecule has 24 aromatic carbocycles. The molecule has 0 saturated carbocycles. The number of fused-ring (bicyclic) bond motifs is 4. The monoisotopic (exact) mass is 1820 g/mol. The van der Waals surface area contributed by atoms with Crippen LogP contribution in [0, 0.1) is 82.3 Å². The van der Waals surface area contributed by atoms with Crippen LogP contribution in [0.1, 0.15) is 11.1 Å². The van der Waals surface area contributed by atoms with Gasteiger partial charge in [-0.1, -0.05) is 255 Å². The standard InChI is InChI=1S/2C62H34F4N4/c1-68-42-22-26-44(27-23-42)70(60-35-54(64)52(33-56(60)66)48-15-7-11-39-9-3-5-13-46(39)48)58-31-21-41-18-28-49-57(30-20-40-19-29-50(58)62(41)61(40)49)69(43-24-16-37(36-67)17-25-43)59-34-53(63)51(32-55(59)65)47-14-6-10-38-8-2-4-12-45(38)47;1-68-46-20-24-48(25-21-46)70(60-35-54(64)52(33-56(60)66)45-15-13-39-7-3-5-9-43(39)31-45)58-29-19-41-16-26-49-57(28-18-40-17-27-50(58)62(41)61(40)49)69(47-22-10-37(36-67)11-23-47)59-34-53(63)51(32-55(59)65)44-14-12-38-6-2-4-8-42(38)30-44/h2*2-35H. The van der Waals surface area contributed by atoms with Crippen molar-refractivity contribution in [3.63, 3.8) is 0 Å². The van der Waals surface area contributed by atoms with E-state index in [1.54, 1.807) is 141 Å². The van der Waals surface area contributed by atoms with Gasteiger partial charge in [-0.3, -0.25) is 0 Å². The molecule has 0 fully saturated rings. The lowest BCUT2D eigenvalue weighted by molar-refractivity contribution is 0.604. The third-order valence-electron chi connectivity index (χ3n) is 26.6. The lowest BCUT2D eigenvalue weighted by Crippen LogP contribution is -2.14. The number of nitrogens with zero attached hydrogens (tertiary/aromatic N) is 8. The summed E-state index contributed by atoms with van der Waals surface area (Å²) in [7, 11) is 0. The minimum atomic E-state index is -0.665. The molecule has 24 rings (SSSR count). The quantitative estimate of drug-likeness (QED) is 0.0545. The summed E-state index contributed by atoms with van der Waals surface area (Å²) in [5.41, 5.74) is 8.21. The highest BCUT2D eigenvalue weighted by molar-refractivity contribution is 6.30. The Balaban J connectivity index is 0.000000156. The minimum absolute atomic E-state index is 0.0371. The Hall–Kier alpha value is -19.0. The molecule has 0 aliphatic rings. The van der Waals surface area contributed by atoms with E-state index in [1.165, 1.54) is 48.5 Å². The van der Waals surface area contributed by atoms with Crippen molar-refractivity contribution < 1.29 is 35.1 Å². The Morgan fingerprint density at radius 1 is 0.193 bits per heavy atom. The Kier molecular flexibility index (Phi) is 21.2. The molecular formula is C124H68F8N8. The summed E-state index contributed by atoms with van der Waals surface area (Å²) in [6.07, 6.45) is 0. The molecule has 8 nitrogen and oxygen atoms in total. The second-order valence-corrected chi connectivity index (χ2v) is 34.4. The van der Waals surface area contributed by atoms with Gasteiger partial charge >= 0.3 is 0 Å². The lowest BCUT2D eigenvalue weighted by atomic mass is 9.91. The summed E-state index contributed by atoms with van der Waals surface area (Å²) in [5.74, 6) is -5.12. The van der Waals surface area contributed by atoms with Crippen molar-refractivity contribution in [2.24, 2.45) is 0 Å². The summed E-state index contributed by atoms with van der Waals surface area (Å²) in [4.78, 5) is 13.8. The normalized spacial score (nSPS) is 11.4. The first-order valence-electron chi connectivity index (χ1n) is 45.0. The van der Waals surface area contributed by atoms with Crippen molar-refractivity contribution in [2.45, 2.75) is 0 Å². The van der Waals surface area contributed by atoms with E-state index >= 15 is 35.1 Å². The zero-order valence-corrected chi connectivity index (χ0v) is 73.9. The van der Waals surface area contributed by atoms with Crippen molar-refractivity contribution in [3.05, 3.63) is 493 Å². The average Bonchev–Trinajstić information content (AvgIpc) is 0.717. The minimum Gasteiger partial charge on any atom is -0.307 e. The summed E-state index contributed by atoms with van der Waals surface area (Å²) < 4.78 is 135. The van der Waals surface area contributed by atoms with Crippen molar-refractivity contribution in [3.8, 4) is 56.6 Å². The maximum absolute atomic E-state index is 17.1. The van der Waals surface area contributed by atoms with Crippen LogP contribution in [0.25, 0.3) is 162 Å². The molecule has 0 radical (unpaired) electrons. The fourth-order valence-corrected chi connectivity index (χ4v) is 20.0. The average molecular weight is 1820 g/mol. The van der Waals surface area contributed by atoms with E-state index in [0.717, 1.165) is 86.2 Å². The van der Waals surface area contributed by atoms with Gasteiger partial charge in [-0.05, 0) is 242 Å². The first kappa shape index (κ1) is 85.2. The van der Waals surface area contributed by atoms with E-state index in [1.807, 2.05) is 243 Å². The molecule has 0 bridgehead atoms. The van der Waals surface area contributed by atoms with Crippen LogP contribution in [-0.4, -0.2) is 0 Å². The van der Waals surface area contributed by atoms with Gasteiger partial charge in [-0.25, -0.2) is 44.8 Å². The van der Waals surface area contributed by atoms with E-state index in [0.29, 0.717) is 112 Å². The van der Waals surface area contributed by atoms with Gasteiger partial charge in [-0.15, -0.1) is 0 Å². The molecule has 24 aromatic rings. The smallest absolute Gasteiger partial charge is 0.187 e. The predicted octanol–water partition coefficient (Wildman–Crippen LogP) is 36.3. The fourth-order valence-electron chi connectivity index (χ4n) is 20.0. The Morgan fingerprint density at radius 3 is 0.757 bits per heavy atom. The van der Waals surface area contributed by atoms with Gasteiger partial charge in [0.05, 0.1) is 81.9 Å². The largest absolute Gasteiger partial charge is 0.307 e. The molecule has 0 unspecified atom stereocenters. The molecule has 0 aliphatic carbocycles. The van der Waals surface area contributed by atoms with Crippen LogP contribution < -0.4 is 19.6 Å². The maximum atomic E-state index is 17.1. The molecule has 0 spiro atoms. The first-order chi connectivity index (χ1) is 68.5. The number of hydrogen-bond donors (Lipinski definition) is 0. The van der Waals surface area contributed by atoms with Gasteiger partial charge < -0.3 is 19.6 Å². The summed E-state index contributed by atoms with van der Waals surface area (Å²) in [5, 5.41) is 36.1. The third-order valence-corrected chi connectivity index (χ3v) is 26.6. The van der Waals surface area contributed by atoms with Crippen LogP contribution in [-0.2, 0) is 0 Å². The van der Waals surface area contributed by atoms with Crippen LogP contribution in [0.5, 0.6) is 0 Å². The highest BCUT2D eigenvalue weighted by Gasteiger charge is 2.32. The van der Waals surface area contributed by atoms with Gasteiger partial charge in [0.25, 0.3) is 0 Å². The van der Waals surface area contributed by atoms with Crippen molar-refractivity contribution in [1.29, 1.82) is 10.5 Å². The molecule has 140 heavy (non-hydrogen) atoms. The molecular weight excluding hydrogens is 1750 g/mol. The highest BCUT2D eigenvalue weighted by Crippen LogP contribution is 2.54. The molecule has 0 amide bonds. The number of anilines is 12. The van der Waals surface area contributed by atoms with Gasteiger partial charge in [0, 0.05) is 90.8 Å². The van der Waals surface area contributed by atoms with E-state index in [-0.39, 0.29) is 45.0 Å². The molecule has 0 heterocycles. The second kappa shape index (κ2) is 34.8. The van der Waals surface area contributed by atoms with Crippen LogP contribution in [0.3, 0.4) is 0 Å². The highest BCUT2D eigenvalue weighted by atomic mass is 19.2. The molecule has 0 aromatic heterocycles. The topological polar surface area (TPSA) is 69.3 Å². The third kappa shape index (κ3) is 14.8. The van der Waals surface area contributed by atoms with Crippen LogP contribution in [0.2, 0.25) is 0 Å². The van der Waals surface area contributed by atoms with E-state index < -0.39 is 46.5 Å². The SMILES string of the molecule is [C-]#[N+]c1ccc(N(c2cc(F)c(-c3ccc4ccccc4c3)cc2F)c2ccc3ccc4c(N(c5ccc(C#N)cc5)c5cc(F)c(-c6ccc7ccccc7c6)cc5F)ccc5ccc2c3c54)cc1.[C-]#[N+]c1ccc(N(c2cc(F)c(-c3cccc4ccccc34)cc2F)c2ccc3ccc4c(N(c5ccc(C#N)cc5)c5cc(F)c(-c6cccc7ccccc67)cc5F)ccc5ccc2c3c54)cc1. The van der Waals surface area contributed by atoms with E-state index in [9.17, 15) is 10.5 Å². The zero-order chi connectivity index (χ0) is 95.2. The molecule has 0 atom stereocenters. The lowest BCUT2D eigenvalue weighted by Gasteiger charge is -2.30. The number of nitriles is 2. The molecule has 16 heteroatoms. The van der Waals surface area contributed by atoms with Crippen molar-refractivity contribution in [1.82, 2.24) is 0 Å². The molecule has 0 aliphatic heterocycles. The molecule has 0 N–H and O–H groups in total. The molecule has 660 valence electrons. The summed E-state index contributed by atoms with van der Waals surface area (Å²) in [6, 6.07) is 125. The van der Waals surface area contributed by atoms with Gasteiger partial charge in [0.1, 0.15) is 46.5 Å². The number of hydrogen-bond acceptors (Lipinski definition) is 6. The first-order valence-corrected chi connectivity index (χ1v) is 45.0. The summed E-state index contributed by atoms with van der Waals surface area (Å²) >= 11 is 0. The fraction of sp³-hybridized carbons (Fsp3) is 0. The Bertz CT molecular complexity index is 8840. The van der Waals surface area contributed by atoms with Crippen LogP contribution in [0.4, 0.5) is 115 Å². The van der Waals surface area contributed by atoms with Crippen LogP contribution in [0.15, 0.2) is 413 Å².